The van der Waals surface area contributed by atoms with E-state index in [4.69, 9.17) is 20.9 Å². The number of pyridine rings is 1. The fraction of sp³-hybridized carbons (Fsp3) is 0.286. The summed E-state index contributed by atoms with van der Waals surface area (Å²) in [5, 5.41) is 27.4. The molecule has 1 aromatic heterocycles. The summed E-state index contributed by atoms with van der Waals surface area (Å²) in [5.41, 5.74) is 9.21. The highest BCUT2D eigenvalue weighted by molar-refractivity contribution is 8.00. The Bertz CT molecular complexity index is 1550. The number of rotatable bonds is 6. The van der Waals surface area contributed by atoms with E-state index in [0.717, 1.165) is 11.1 Å². The van der Waals surface area contributed by atoms with Crippen LogP contribution in [0.15, 0.2) is 71.7 Å². The number of allylic oxidation sites excluding steroid dienone is 1. The summed E-state index contributed by atoms with van der Waals surface area (Å²) in [4.78, 5) is 48.7. The molecule has 0 radical (unpaired) electrons. The SMILES string of the molecule is N#Cc1ccc(C[n+]2ccc(CN3CC/C(=C\C4=C(C(=O)[O-])N5C(=O)[C@@H](N)[C@H]5SC4)C3=O)cc2)cc1.O=C(O)C(F)(F)F. The molecule has 2 atom stereocenters. The van der Waals surface area contributed by atoms with Gasteiger partial charge in [0.2, 0.25) is 11.8 Å². The number of carboxylic acid groups (broad SMARTS) is 2. The van der Waals surface area contributed by atoms with Crippen molar-refractivity contribution in [2.24, 2.45) is 5.73 Å². The van der Waals surface area contributed by atoms with Crippen LogP contribution in [0.5, 0.6) is 0 Å². The molecule has 3 N–H and O–H groups in total. The van der Waals surface area contributed by atoms with Gasteiger partial charge >= 0.3 is 12.1 Å². The highest BCUT2D eigenvalue weighted by Gasteiger charge is 2.50. The first-order chi connectivity index (χ1) is 20.3. The van der Waals surface area contributed by atoms with E-state index in [2.05, 4.69) is 6.07 Å². The van der Waals surface area contributed by atoms with Gasteiger partial charge in [-0.1, -0.05) is 12.1 Å². The van der Waals surface area contributed by atoms with Gasteiger partial charge in [-0.05, 0) is 35.8 Å². The molecule has 2 saturated heterocycles. The molecular formula is C28H24F3N5O6S. The van der Waals surface area contributed by atoms with E-state index < -0.39 is 35.4 Å². The Morgan fingerprint density at radius 3 is 2.35 bits per heavy atom. The van der Waals surface area contributed by atoms with Crippen molar-refractivity contribution in [2.45, 2.75) is 37.1 Å². The Labute approximate surface area is 247 Å². The molecule has 1 aromatic carbocycles. The number of amides is 2. The number of thioether (sulfide) groups is 1. The Balaban J connectivity index is 0.000000541. The Hall–Kier alpha value is -4.68. The highest BCUT2D eigenvalue weighted by atomic mass is 32.2. The Kier molecular flexibility index (Phi) is 9.22. The average molecular weight is 616 g/mol. The number of benzene rings is 1. The van der Waals surface area contributed by atoms with Gasteiger partial charge < -0.3 is 25.6 Å². The monoisotopic (exact) mass is 615 g/mol. The lowest BCUT2D eigenvalue weighted by atomic mass is 10.0. The van der Waals surface area contributed by atoms with Crippen molar-refractivity contribution in [3.8, 4) is 6.07 Å². The van der Waals surface area contributed by atoms with Crippen LogP contribution in [0.25, 0.3) is 0 Å². The topological polar surface area (TPSA) is 172 Å². The number of nitriles is 1. The van der Waals surface area contributed by atoms with Gasteiger partial charge in [0.25, 0.3) is 0 Å². The number of nitrogens with zero attached hydrogens (tertiary/aromatic N) is 4. The van der Waals surface area contributed by atoms with Crippen molar-refractivity contribution in [1.29, 1.82) is 5.26 Å². The van der Waals surface area contributed by atoms with Crippen LogP contribution in [0.1, 0.15) is 23.1 Å². The molecule has 0 aliphatic carbocycles. The van der Waals surface area contributed by atoms with Crippen LogP contribution in [0.3, 0.4) is 0 Å². The number of carbonyl (C=O) groups excluding carboxylic acids is 3. The van der Waals surface area contributed by atoms with Crippen LogP contribution < -0.4 is 15.4 Å². The molecule has 4 heterocycles. The quantitative estimate of drug-likeness (QED) is 0.266. The molecule has 2 amide bonds. The minimum Gasteiger partial charge on any atom is -0.543 e. The molecule has 3 aliphatic heterocycles. The second kappa shape index (κ2) is 12.7. The average Bonchev–Trinajstić information content (AvgIpc) is 3.31. The van der Waals surface area contributed by atoms with Gasteiger partial charge in [-0.3, -0.25) is 14.5 Å². The molecule has 2 fully saturated rings. The normalized spacial score (nSPS) is 20.7. The van der Waals surface area contributed by atoms with Crippen molar-refractivity contribution in [2.75, 3.05) is 12.3 Å². The van der Waals surface area contributed by atoms with Gasteiger partial charge in [-0.15, -0.1) is 11.8 Å². The minimum atomic E-state index is -5.08. The maximum atomic E-state index is 13.0. The van der Waals surface area contributed by atoms with E-state index in [1.165, 1.54) is 16.7 Å². The van der Waals surface area contributed by atoms with Gasteiger partial charge in [0, 0.05) is 42.1 Å². The first-order valence-corrected chi connectivity index (χ1v) is 13.8. The molecule has 0 saturated carbocycles. The largest absolute Gasteiger partial charge is 0.543 e. The van der Waals surface area contributed by atoms with E-state index in [1.54, 1.807) is 23.1 Å². The molecule has 3 aliphatic rings. The number of hydrogen-bond donors (Lipinski definition) is 2. The van der Waals surface area contributed by atoms with Crippen molar-refractivity contribution < 1.29 is 47.1 Å². The third-order valence-electron chi connectivity index (χ3n) is 6.82. The van der Waals surface area contributed by atoms with Crippen molar-refractivity contribution in [3.63, 3.8) is 0 Å². The number of carbonyl (C=O) groups is 4. The number of halogens is 3. The summed E-state index contributed by atoms with van der Waals surface area (Å²) >= 11 is 1.39. The summed E-state index contributed by atoms with van der Waals surface area (Å²) in [5.74, 6) is -4.43. The van der Waals surface area contributed by atoms with Gasteiger partial charge in [0.1, 0.15) is 11.4 Å². The predicted octanol–water partition coefficient (Wildman–Crippen LogP) is 0.432. The van der Waals surface area contributed by atoms with E-state index in [-0.39, 0.29) is 11.6 Å². The molecule has 43 heavy (non-hydrogen) atoms. The van der Waals surface area contributed by atoms with E-state index >= 15 is 0 Å². The summed E-state index contributed by atoms with van der Waals surface area (Å²) in [6.07, 6.45) is 0.915. The number of aliphatic carboxylic acids is 2. The molecule has 0 spiro atoms. The molecule has 2 aromatic rings. The molecule has 0 bridgehead atoms. The lowest BCUT2D eigenvalue weighted by Gasteiger charge is -2.49. The third kappa shape index (κ3) is 7.04. The number of fused-ring (bicyclic) bond motifs is 1. The number of carboxylic acids is 2. The standard InChI is InChI=1S/C26H23N5O4S.C2HF3O2/c27-12-16-1-3-17(4-2-16)13-29-8-5-18(6-9-29)14-30-10-7-19(23(30)32)11-20-15-36-25-21(28)24(33)31(25)22(20)26(34)35;3-2(4,5)1(6)7/h1-6,8-9,11,21,25H,7,10,13-15,28H2;(H,6,7)/b19-11+;/t21-,25-;/m1./s1. The first kappa shape index (κ1) is 31.3. The summed E-state index contributed by atoms with van der Waals surface area (Å²) in [6, 6.07) is 12.8. The molecule has 11 nitrogen and oxygen atoms in total. The smallest absolute Gasteiger partial charge is 0.490 e. The number of nitrogens with two attached hydrogens (primary N) is 1. The fourth-order valence-electron chi connectivity index (χ4n) is 4.62. The van der Waals surface area contributed by atoms with Gasteiger partial charge in [-0.2, -0.15) is 18.4 Å². The third-order valence-corrected chi connectivity index (χ3v) is 8.14. The van der Waals surface area contributed by atoms with Crippen molar-refractivity contribution in [1.82, 2.24) is 9.80 Å². The van der Waals surface area contributed by atoms with Gasteiger partial charge in [0.05, 0.1) is 23.3 Å². The molecule has 15 heteroatoms. The Morgan fingerprint density at radius 1 is 1.16 bits per heavy atom. The number of hydrogen-bond acceptors (Lipinski definition) is 8. The van der Waals surface area contributed by atoms with Gasteiger partial charge in [0.15, 0.2) is 18.9 Å². The second-order valence-corrected chi connectivity index (χ2v) is 10.8. The lowest BCUT2D eigenvalue weighted by Crippen LogP contribution is -2.69. The maximum Gasteiger partial charge on any atom is 0.490 e. The molecular weight excluding hydrogens is 591 g/mol. The second-order valence-electron chi connectivity index (χ2n) is 9.73. The van der Waals surface area contributed by atoms with Crippen molar-refractivity contribution >= 4 is 35.5 Å². The van der Waals surface area contributed by atoms with E-state index in [0.29, 0.717) is 48.5 Å². The van der Waals surface area contributed by atoms with Crippen LogP contribution >= 0.6 is 11.8 Å². The number of likely N-dealkylation sites (tertiary alicyclic amines) is 1. The molecule has 5 rings (SSSR count). The molecule has 224 valence electrons. The first-order valence-electron chi connectivity index (χ1n) is 12.7. The minimum absolute atomic E-state index is 0.145. The van der Waals surface area contributed by atoms with E-state index in [9.17, 15) is 32.7 Å². The van der Waals surface area contributed by atoms with Gasteiger partial charge in [-0.25, -0.2) is 9.36 Å². The van der Waals surface area contributed by atoms with E-state index in [1.807, 2.05) is 41.2 Å². The van der Waals surface area contributed by atoms with Crippen molar-refractivity contribution in [3.05, 3.63) is 88.4 Å². The van der Waals surface area contributed by atoms with Crippen LogP contribution in [0, 0.1) is 11.3 Å². The number of aromatic nitrogens is 1. The Morgan fingerprint density at radius 2 is 1.79 bits per heavy atom. The van der Waals surface area contributed by atoms with Crippen LogP contribution in [-0.2, 0) is 32.3 Å². The zero-order chi connectivity index (χ0) is 31.5. The van der Waals surface area contributed by atoms with Crippen LogP contribution in [0.4, 0.5) is 13.2 Å². The van der Waals surface area contributed by atoms with Crippen LogP contribution in [0.2, 0.25) is 0 Å². The predicted molar refractivity (Wildman–Crippen MR) is 142 cm³/mol. The maximum absolute atomic E-state index is 13.0. The summed E-state index contributed by atoms with van der Waals surface area (Å²) in [6.45, 7) is 1.64. The molecule has 0 unspecified atom stereocenters. The fourth-order valence-corrected chi connectivity index (χ4v) is 5.87. The summed E-state index contributed by atoms with van der Waals surface area (Å²) in [7, 11) is 0. The highest BCUT2D eigenvalue weighted by Crippen LogP contribution is 2.40. The zero-order valence-corrected chi connectivity index (χ0v) is 23.1. The zero-order valence-electron chi connectivity index (χ0n) is 22.3. The lowest BCUT2D eigenvalue weighted by molar-refractivity contribution is -0.688. The van der Waals surface area contributed by atoms with Crippen LogP contribution in [-0.4, -0.2) is 68.5 Å². The number of β-lactam (4-membered cyclic amide) rings is 1. The summed E-state index contributed by atoms with van der Waals surface area (Å²) < 4.78 is 33.8. The number of alkyl halides is 3.